The lowest BCUT2D eigenvalue weighted by atomic mass is 10.2. The molecule has 1 saturated heterocycles. The minimum absolute atomic E-state index is 0.187. The summed E-state index contributed by atoms with van der Waals surface area (Å²) in [4.78, 5) is 57.1. The quantitative estimate of drug-likeness (QED) is 0.361. The summed E-state index contributed by atoms with van der Waals surface area (Å²) in [5.74, 6) is -0.576. The first-order valence-electron chi connectivity index (χ1n) is 11.6. The van der Waals surface area contributed by atoms with E-state index >= 15 is 0 Å². The molecular formula is C27H22ClN5O4S. The fourth-order valence-corrected chi connectivity index (χ4v) is 5.41. The maximum atomic E-state index is 13.3. The lowest BCUT2D eigenvalue weighted by Crippen LogP contribution is -2.36. The number of anilines is 1. The highest BCUT2D eigenvalue weighted by Crippen LogP contribution is 2.33. The van der Waals surface area contributed by atoms with E-state index in [2.05, 4.69) is 10.3 Å². The fraction of sp³-hybridized carbons (Fsp3) is 0.148. The van der Waals surface area contributed by atoms with Crippen LogP contribution in [0.4, 0.5) is 10.5 Å². The maximum absolute atomic E-state index is 13.3. The SMILES string of the molecule is Cc1cc(C=C2SC(=O)N(CC(=O)Nc3cccc(Cl)c3)C2=O)c(C)n1-n1c(C)nc2ccccc2c1=O. The van der Waals surface area contributed by atoms with Gasteiger partial charge in [-0.3, -0.25) is 28.8 Å². The number of aryl methyl sites for hydroxylation is 2. The molecule has 5 rings (SSSR count). The molecule has 9 nitrogen and oxygen atoms in total. The Bertz CT molecular complexity index is 1740. The molecule has 0 spiro atoms. The van der Waals surface area contributed by atoms with Gasteiger partial charge in [0.25, 0.3) is 16.7 Å². The molecule has 0 bridgehead atoms. The van der Waals surface area contributed by atoms with Crippen LogP contribution >= 0.6 is 23.4 Å². The summed E-state index contributed by atoms with van der Waals surface area (Å²) in [6.07, 6.45) is 1.60. The second-order valence-corrected chi connectivity index (χ2v) is 10.2. The Kier molecular flexibility index (Phi) is 6.68. The number of fused-ring (bicyclic) bond motifs is 1. The van der Waals surface area contributed by atoms with Gasteiger partial charge in [0.05, 0.1) is 15.8 Å². The molecule has 3 heterocycles. The number of amides is 3. The molecule has 0 atom stereocenters. The van der Waals surface area contributed by atoms with E-state index in [0.29, 0.717) is 38.7 Å². The van der Waals surface area contributed by atoms with Crippen molar-refractivity contribution < 1.29 is 14.4 Å². The lowest BCUT2D eigenvalue weighted by molar-refractivity contribution is -0.127. The molecule has 192 valence electrons. The second kappa shape index (κ2) is 9.96. The Balaban J connectivity index is 1.43. The molecule has 1 aliphatic rings. The number of thioether (sulfide) groups is 1. The Morgan fingerprint density at radius 2 is 1.79 bits per heavy atom. The van der Waals surface area contributed by atoms with Gasteiger partial charge in [0.15, 0.2) is 0 Å². The number of hydrogen-bond acceptors (Lipinski definition) is 6. The number of nitrogens with one attached hydrogen (secondary N) is 1. The highest BCUT2D eigenvalue weighted by molar-refractivity contribution is 8.18. The second-order valence-electron chi connectivity index (χ2n) is 8.76. The van der Waals surface area contributed by atoms with E-state index in [0.717, 1.165) is 22.4 Å². The lowest BCUT2D eigenvalue weighted by Gasteiger charge is -2.16. The summed E-state index contributed by atoms with van der Waals surface area (Å²) >= 11 is 6.71. The van der Waals surface area contributed by atoms with Crippen LogP contribution in [0.3, 0.4) is 0 Å². The minimum Gasteiger partial charge on any atom is -0.324 e. The zero-order valence-corrected chi connectivity index (χ0v) is 22.3. The Morgan fingerprint density at radius 3 is 2.55 bits per heavy atom. The molecule has 1 N–H and O–H groups in total. The van der Waals surface area contributed by atoms with E-state index in [4.69, 9.17) is 11.6 Å². The predicted molar refractivity (Wildman–Crippen MR) is 148 cm³/mol. The number of rotatable bonds is 5. The van der Waals surface area contributed by atoms with Gasteiger partial charge in [-0.2, -0.15) is 4.68 Å². The number of para-hydroxylation sites is 1. The normalized spacial score (nSPS) is 14.6. The molecule has 3 amide bonds. The van der Waals surface area contributed by atoms with Crippen LogP contribution < -0.4 is 10.9 Å². The molecule has 2 aromatic carbocycles. The predicted octanol–water partition coefficient (Wildman–Crippen LogP) is 4.76. The fourth-order valence-electron chi connectivity index (χ4n) is 4.39. The number of nitrogens with zero attached hydrogens (tertiary/aromatic N) is 4. The Hall–Kier alpha value is -4.15. The summed E-state index contributed by atoms with van der Waals surface area (Å²) < 4.78 is 3.24. The van der Waals surface area contributed by atoms with Crippen molar-refractivity contribution in [3.63, 3.8) is 0 Å². The van der Waals surface area contributed by atoms with E-state index in [1.165, 1.54) is 4.68 Å². The van der Waals surface area contributed by atoms with E-state index in [9.17, 15) is 19.2 Å². The van der Waals surface area contributed by atoms with Crippen molar-refractivity contribution in [3.05, 3.63) is 97.7 Å². The van der Waals surface area contributed by atoms with Crippen LogP contribution in [0.15, 0.2) is 64.3 Å². The summed E-state index contributed by atoms with van der Waals surface area (Å²) in [6, 6.07) is 15.6. The number of benzene rings is 2. The van der Waals surface area contributed by atoms with Crippen molar-refractivity contribution >= 4 is 63.1 Å². The van der Waals surface area contributed by atoms with Gasteiger partial charge in [-0.25, -0.2) is 4.98 Å². The molecule has 0 unspecified atom stereocenters. The van der Waals surface area contributed by atoms with Gasteiger partial charge in [-0.1, -0.05) is 29.8 Å². The summed E-state index contributed by atoms with van der Waals surface area (Å²) in [7, 11) is 0. The third-order valence-electron chi connectivity index (χ3n) is 6.12. The van der Waals surface area contributed by atoms with Gasteiger partial charge in [-0.05, 0) is 80.6 Å². The van der Waals surface area contributed by atoms with E-state index in [-0.39, 0.29) is 10.5 Å². The zero-order valence-electron chi connectivity index (χ0n) is 20.7. The summed E-state index contributed by atoms with van der Waals surface area (Å²) in [5.41, 5.74) is 2.96. The van der Waals surface area contributed by atoms with Crippen molar-refractivity contribution in [3.8, 4) is 0 Å². The molecule has 4 aromatic rings. The number of carbonyl (C=O) groups is 3. The van der Waals surface area contributed by atoms with Gasteiger partial charge in [0, 0.05) is 22.1 Å². The number of imide groups is 1. The third kappa shape index (κ3) is 4.64. The topological polar surface area (TPSA) is 106 Å². The largest absolute Gasteiger partial charge is 0.324 e. The Labute approximate surface area is 226 Å². The van der Waals surface area contributed by atoms with Crippen LogP contribution in [0.1, 0.15) is 22.8 Å². The van der Waals surface area contributed by atoms with Crippen LogP contribution in [0.25, 0.3) is 17.0 Å². The molecule has 0 radical (unpaired) electrons. The zero-order chi connectivity index (χ0) is 27.1. The van der Waals surface area contributed by atoms with Crippen molar-refractivity contribution in [2.24, 2.45) is 0 Å². The average Bonchev–Trinajstić information content (AvgIpc) is 3.28. The molecule has 1 aliphatic heterocycles. The monoisotopic (exact) mass is 547 g/mol. The standard InChI is InChI=1S/C27H22ClN5O4S/c1-15-11-18(16(2)32(15)33-17(3)29-22-10-5-4-9-21(22)25(33)35)12-23-26(36)31(27(37)38-23)14-24(34)30-20-8-6-7-19(28)13-20/h4-13H,14H2,1-3H3,(H,30,34). The first-order chi connectivity index (χ1) is 18.1. The highest BCUT2D eigenvalue weighted by Gasteiger charge is 2.36. The molecule has 0 saturated carbocycles. The number of aromatic nitrogens is 3. The summed E-state index contributed by atoms with van der Waals surface area (Å²) in [6.45, 7) is 5.00. The molecule has 38 heavy (non-hydrogen) atoms. The molecule has 11 heteroatoms. The van der Waals surface area contributed by atoms with Crippen LogP contribution in [-0.2, 0) is 9.59 Å². The van der Waals surface area contributed by atoms with E-state index < -0.39 is 23.6 Å². The first kappa shape index (κ1) is 25.5. The van der Waals surface area contributed by atoms with Crippen molar-refractivity contribution in [2.45, 2.75) is 20.8 Å². The molecule has 1 fully saturated rings. The number of halogens is 1. The Morgan fingerprint density at radius 1 is 1.03 bits per heavy atom. The van der Waals surface area contributed by atoms with Crippen LogP contribution in [-0.4, -0.2) is 42.8 Å². The molecular weight excluding hydrogens is 526 g/mol. The van der Waals surface area contributed by atoms with Crippen LogP contribution in [0.5, 0.6) is 0 Å². The van der Waals surface area contributed by atoms with Gasteiger partial charge < -0.3 is 5.32 Å². The van der Waals surface area contributed by atoms with Crippen LogP contribution in [0, 0.1) is 20.8 Å². The van der Waals surface area contributed by atoms with Crippen molar-refractivity contribution in [2.75, 3.05) is 11.9 Å². The number of hydrogen-bond donors (Lipinski definition) is 1. The first-order valence-corrected chi connectivity index (χ1v) is 12.8. The smallest absolute Gasteiger partial charge is 0.294 e. The van der Waals surface area contributed by atoms with E-state index in [1.54, 1.807) is 60.1 Å². The summed E-state index contributed by atoms with van der Waals surface area (Å²) in [5, 5.41) is 3.04. The highest BCUT2D eigenvalue weighted by atomic mass is 35.5. The maximum Gasteiger partial charge on any atom is 0.294 e. The third-order valence-corrected chi connectivity index (χ3v) is 7.26. The van der Waals surface area contributed by atoms with E-state index in [1.807, 2.05) is 26.0 Å². The molecule has 0 aliphatic carbocycles. The average molecular weight is 548 g/mol. The van der Waals surface area contributed by atoms with Crippen molar-refractivity contribution in [1.29, 1.82) is 0 Å². The van der Waals surface area contributed by atoms with Gasteiger partial charge in [-0.15, -0.1) is 0 Å². The van der Waals surface area contributed by atoms with Gasteiger partial charge in [0.1, 0.15) is 12.4 Å². The molecule has 2 aromatic heterocycles. The van der Waals surface area contributed by atoms with Gasteiger partial charge in [0.2, 0.25) is 5.91 Å². The van der Waals surface area contributed by atoms with Crippen molar-refractivity contribution in [1.82, 2.24) is 19.2 Å². The van der Waals surface area contributed by atoms with Gasteiger partial charge >= 0.3 is 0 Å². The van der Waals surface area contributed by atoms with Crippen LogP contribution in [0.2, 0.25) is 5.02 Å². The minimum atomic E-state index is -0.563. The number of carbonyl (C=O) groups excluding carboxylic acids is 3.